The van der Waals surface area contributed by atoms with Crippen LogP contribution in [0.5, 0.6) is 5.75 Å². The van der Waals surface area contributed by atoms with E-state index in [2.05, 4.69) is 4.98 Å². The van der Waals surface area contributed by atoms with Gasteiger partial charge in [-0.05, 0) is 30.3 Å². The van der Waals surface area contributed by atoms with Crippen LogP contribution >= 0.6 is 11.3 Å². The number of phenolic OH excluding ortho intramolecular Hbond substituents is 1. The summed E-state index contributed by atoms with van der Waals surface area (Å²) in [4.78, 5) is 16.2. The minimum absolute atomic E-state index is 0.0411. The van der Waals surface area contributed by atoms with E-state index < -0.39 is 5.97 Å². The molecule has 0 aliphatic rings. The van der Waals surface area contributed by atoms with Gasteiger partial charge in [0.05, 0.1) is 15.8 Å². The maximum absolute atomic E-state index is 11.8. The molecule has 0 fully saturated rings. The zero-order valence-corrected chi connectivity index (χ0v) is 11.3. The van der Waals surface area contributed by atoms with Crippen LogP contribution in [0.15, 0.2) is 48.5 Å². The number of aromatic nitrogens is 1. The van der Waals surface area contributed by atoms with Crippen molar-refractivity contribution in [1.29, 1.82) is 0 Å². The van der Waals surface area contributed by atoms with Crippen LogP contribution in [0.2, 0.25) is 0 Å². The molecule has 100 valence electrons. The lowest BCUT2D eigenvalue weighted by atomic mass is 10.2. The third-order valence-electron chi connectivity index (χ3n) is 2.75. The predicted octanol–water partition coefficient (Wildman–Crippen LogP) is 3.36. The molecule has 1 N–H and O–H groups in total. The normalized spacial score (nSPS) is 10.6. The molecule has 3 aromatic rings. The molecule has 0 aliphatic carbocycles. The van der Waals surface area contributed by atoms with Crippen molar-refractivity contribution in [2.24, 2.45) is 0 Å². The highest BCUT2D eigenvalue weighted by molar-refractivity contribution is 7.18. The van der Waals surface area contributed by atoms with E-state index in [0.717, 1.165) is 15.2 Å². The fraction of sp³-hybridized carbons (Fsp3) is 0.0667. The molecule has 3 rings (SSSR count). The lowest BCUT2D eigenvalue weighted by Gasteiger charge is -2.02. The zero-order valence-electron chi connectivity index (χ0n) is 10.4. The number of esters is 1. The SMILES string of the molecule is O=C(OCc1nc2ccccc2s1)c1cccc(O)c1. The first kappa shape index (κ1) is 12.6. The van der Waals surface area contributed by atoms with Crippen LogP contribution < -0.4 is 0 Å². The molecular formula is C15H11NO3S. The van der Waals surface area contributed by atoms with Gasteiger partial charge < -0.3 is 9.84 Å². The number of carbonyl (C=O) groups is 1. The average Bonchev–Trinajstić information content (AvgIpc) is 2.87. The molecule has 0 aliphatic heterocycles. The van der Waals surface area contributed by atoms with Crippen molar-refractivity contribution in [3.8, 4) is 5.75 Å². The van der Waals surface area contributed by atoms with Crippen LogP contribution in [0.4, 0.5) is 0 Å². The Bertz CT molecular complexity index is 733. The summed E-state index contributed by atoms with van der Waals surface area (Å²) in [5.41, 5.74) is 1.23. The van der Waals surface area contributed by atoms with E-state index in [4.69, 9.17) is 4.74 Å². The Morgan fingerprint density at radius 2 is 2.05 bits per heavy atom. The van der Waals surface area contributed by atoms with Crippen molar-refractivity contribution in [3.05, 3.63) is 59.1 Å². The van der Waals surface area contributed by atoms with Crippen molar-refractivity contribution in [2.45, 2.75) is 6.61 Å². The summed E-state index contributed by atoms with van der Waals surface area (Å²) in [6, 6.07) is 13.8. The first-order valence-corrected chi connectivity index (χ1v) is 6.84. The summed E-state index contributed by atoms with van der Waals surface area (Å²) in [5.74, 6) is -0.431. The van der Waals surface area contributed by atoms with E-state index in [9.17, 15) is 9.90 Å². The number of para-hydroxylation sites is 1. The third kappa shape index (κ3) is 2.62. The largest absolute Gasteiger partial charge is 0.508 e. The van der Waals surface area contributed by atoms with Crippen molar-refractivity contribution >= 4 is 27.5 Å². The van der Waals surface area contributed by atoms with E-state index in [1.54, 1.807) is 12.1 Å². The first-order valence-electron chi connectivity index (χ1n) is 6.03. The number of thiazole rings is 1. The topological polar surface area (TPSA) is 59.4 Å². The van der Waals surface area contributed by atoms with Gasteiger partial charge in [0.2, 0.25) is 0 Å². The number of rotatable bonds is 3. The maximum Gasteiger partial charge on any atom is 0.338 e. The summed E-state index contributed by atoms with van der Waals surface area (Å²) in [7, 11) is 0. The third-order valence-corrected chi connectivity index (χ3v) is 3.76. The molecule has 20 heavy (non-hydrogen) atoms. The van der Waals surface area contributed by atoms with Crippen LogP contribution in [0.1, 0.15) is 15.4 Å². The van der Waals surface area contributed by atoms with Crippen molar-refractivity contribution in [2.75, 3.05) is 0 Å². The minimum Gasteiger partial charge on any atom is -0.508 e. The Morgan fingerprint density at radius 3 is 2.85 bits per heavy atom. The van der Waals surface area contributed by atoms with Crippen LogP contribution in [-0.4, -0.2) is 16.1 Å². The number of aromatic hydroxyl groups is 1. The molecule has 0 unspecified atom stereocenters. The summed E-state index contributed by atoms with van der Waals surface area (Å²) in [6.45, 7) is 0.133. The molecular weight excluding hydrogens is 274 g/mol. The summed E-state index contributed by atoms with van der Waals surface area (Å²) >= 11 is 1.50. The maximum atomic E-state index is 11.8. The predicted molar refractivity (Wildman–Crippen MR) is 76.8 cm³/mol. The number of hydrogen-bond acceptors (Lipinski definition) is 5. The number of phenols is 1. The van der Waals surface area contributed by atoms with Gasteiger partial charge in [-0.2, -0.15) is 0 Å². The molecule has 0 spiro atoms. The smallest absolute Gasteiger partial charge is 0.338 e. The standard InChI is InChI=1S/C15H11NO3S/c17-11-5-3-4-10(8-11)15(18)19-9-14-16-12-6-1-2-7-13(12)20-14/h1-8,17H,9H2. The quantitative estimate of drug-likeness (QED) is 0.750. The van der Waals surface area contributed by atoms with Crippen LogP contribution in [0, 0.1) is 0 Å². The number of ether oxygens (including phenoxy) is 1. The van der Waals surface area contributed by atoms with Gasteiger partial charge in [0.25, 0.3) is 0 Å². The Morgan fingerprint density at radius 1 is 1.20 bits per heavy atom. The molecule has 0 bridgehead atoms. The second-order valence-electron chi connectivity index (χ2n) is 4.20. The van der Waals surface area contributed by atoms with E-state index in [1.165, 1.54) is 23.5 Å². The lowest BCUT2D eigenvalue weighted by Crippen LogP contribution is -2.04. The molecule has 2 aromatic carbocycles. The summed E-state index contributed by atoms with van der Waals surface area (Å²) in [6.07, 6.45) is 0. The van der Waals surface area contributed by atoms with E-state index in [1.807, 2.05) is 24.3 Å². The summed E-state index contributed by atoms with van der Waals surface area (Å²) < 4.78 is 6.26. The minimum atomic E-state index is -0.472. The van der Waals surface area contributed by atoms with Crippen molar-refractivity contribution < 1.29 is 14.6 Å². The lowest BCUT2D eigenvalue weighted by molar-refractivity contribution is 0.0472. The Balaban J connectivity index is 1.71. The monoisotopic (exact) mass is 285 g/mol. The summed E-state index contributed by atoms with van der Waals surface area (Å²) in [5, 5.41) is 10.1. The van der Waals surface area contributed by atoms with Gasteiger partial charge in [0.1, 0.15) is 17.4 Å². The van der Waals surface area contributed by atoms with Gasteiger partial charge in [-0.3, -0.25) is 0 Å². The molecule has 1 aromatic heterocycles. The van der Waals surface area contributed by atoms with Crippen molar-refractivity contribution in [3.63, 3.8) is 0 Å². The number of benzene rings is 2. The van der Waals surface area contributed by atoms with Crippen molar-refractivity contribution in [1.82, 2.24) is 4.98 Å². The van der Waals surface area contributed by atoms with E-state index in [0.29, 0.717) is 5.56 Å². The highest BCUT2D eigenvalue weighted by Gasteiger charge is 2.10. The number of fused-ring (bicyclic) bond motifs is 1. The van der Waals surface area contributed by atoms with Crippen LogP contribution in [-0.2, 0) is 11.3 Å². The fourth-order valence-corrected chi connectivity index (χ4v) is 2.71. The molecule has 0 amide bonds. The molecule has 0 saturated carbocycles. The molecule has 0 radical (unpaired) electrons. The molecule has 0 atom stereocenters. The Hall–Kier alpha value is -2.40. The zero-order chi connectivity index (χ0) is 13.9. The van der Waals surface area contributed by atoms with Gasteiger partial charge in [-0.15, -0.1) is 11.3 Å². The van der Waals surface area contributed by atoms with Crippen LogP contribution in [0.3, 0.4) is 0 Å². The highest BCUT2D eigenvalue weighted by atomic mass is 32.1. The van der Waals surface area contributed by atoms with Crippen LogP contribution in [0.25, 0.3) is 10.2 Å². The van der Waals surface area contributed by atoms with Gasteiger partial charge in [0, 0.05) is 0 Å². The first-order chi connectivity index (χ1) is 9.72. The second kappa shape index (κ2) is 5.30. The average molecular weight is 285 g/mol. The van der Waals surface area contributed by atoms with Gasteiger partial charge in [-0.25, -0.2) is 9.78 Å². The number of nitrogens with zero attached hydrogens (tertiary/aromatic N) is 1. The second-order valence-corrected chi connectivity index (χ2v) is 5.32. The number of hydrogen-bond donors (Lipinski definition) is 1. The van der Waals surface area contributed by atoms with E-state index in [-0.39, 0.29) is 12.4 Å². The van der Waals surface area contributed by atoms with Gasteiger partial charge >= 0.3 is 5.97 Å². The van der Waals surface area contributed by atoms with E-state index >= 15 is 0 Å². The highest BCUT2D eigenvalue weighted by Crippen LogP contribution is 2.22. The van der Waals surface area contributed by atoms with Gasteiger partial charge in [-0.1, -0.05) is 18.2 Å². The Labute approximate surface area is 119 Å². The molecule has 5 heteroatoms. The fourth-order valence-electron chi connectivity index (χ4n) is 1.83. The van der Waals surface area contributed by atoms with Gasteiger partial charge in [0.15, 0.2) is 0 Å². The molecule has 4 nitrogen and oxygen atoms in total. The molecule has 0 saturated heterocycles. The Kier molecular flexibility index (Phi) is 3.35. The number of carbonyl (C=O) groups excluding carboxylic acids is 1. The molecule has 1 heterocycles.